The Morgan fingerprint density at radius 2 is 1.86 bits per heavy atom. The Labute approximate surface area is 212 Å². The highest BCUT2D eigenvalue weighted by Gasteiger charge is 2.34. The van der Waals surface area contributed by atoms with Crippen LogP contribution >= 0.6 is 0 Å². The van der Waals surface area contributed by atoms with Crippen LogP contribution in [0.4, 0.5) is 18.9 Å². The van der Waals surface area contributed by atoms with Gasteiger partial charge in [0.2, 0.25) is 5.91 Å². The van der Waals surface area contributed by atoms with Gasteiger partial charge < -0.3 is 15.1 Å². The summed E-state index contributed by atoms with van der Waals surface area (Å²) in [4.78, 5) is 19.2. The van der Waals surface area contributed by atoms with Gasteiger partial charge in [0.1, 0.15) is 0 Å². The maximum Gasteiger partial charge on any atom is 0.416 e. The summed E-state index contributed by atoms with van der Waals surface area (Å²) in [6.45, 7) is 5.12. The van der Waals surface area contributed by atoms with E-state index in [9.17, 15) is 18.0 Å². The van der Waals surface area contributed by atoms with Crippen LogP contribution in [0.5, 0.6) is 0 Å². The second kappa shape index (κ2) is 11.2. The first-order chi connectivity index (χ1) is 17.1. The van der Waals surface area contributed by atoms with E-state index >= 15 is 0 Å². The van der Waals surface area contributed by atoms with E-state index in [0.717, 1.165) is 37.2 Å². The summed E-state index contributed by atoms with van der Waals surface area (Å²) in [5, 5.41) is 3.30. The Kier molecular flexibility index (Phi) is 8.25. The molecule has 1 heterocycles. The van der Waals surface area contributed by atoms with Gasteiger partial charge in [-0.15, -0.1) is 0 Å². The van der Waals surface area contributed by atoms with Crippen molar-refractivity contribution < 1.29 is 18.0 Å². The Morgan fingerprint density at radius 1 is 1.11 bits per heavy atom. The van der Waals surface area contributed by atoms with E-state index < -0.39 is 11.7 Å². The monoisotopic (exact) mass is 502 g/mol. The first kappa shape index (κ1) is 26.5. The zero-order valence-electron chi connectivity index (χ0n) is 21.4. The smallest absolute Gasteiger partial charge is 0.376 e. The third-order valence-corrected chi connectivity index (χ3v) is 7.46. The summed E-state index contributed by atoms with van der Waals surface area (Å²) in [7, 11) is 3.77. The lowest BCUT2D eigenvalue weighted by molar-refractivity contribution is -0.139. The molecule has 1 aliphatic carbocycles. The molecule has 0 spiro atoms. The fourth-order valence-corrected chi connectivity index (χ4v) is 5.06. The molecule has 4 rings (SSSR count). The normalized spacial score (nSPS) is 17.1. The number of hydrogen-bond donors (Lipinski definition) is 1. The van der Waals surface area contributed by atoms with Gasteiger partial charge in [-0.3, -0.25) is 9.69 Å². The van der Waals surface area contributed by atoms with Crippen LogP contribution in [0.3, 0.4) is 0 Å². The van der Waals surface area contributed by atoms with Crippen LogP contribution in [-0.2, 0) is 30.5 Å². The number of nitrogens with zero attached hydrogens (tertiary/aromatic N) is 3. The Hall–Kier alpha value is -2.58. The molecule has 2 aromatic rings. The predicted molar refractivity (Wildman–Crippen MR) is 137 cm³/mol. The molecule has 2 aliphatic rings. The number of benzene rings is 2. The first-order valence-corrected chi connectivity index (χ1v) is 12.8. The van der Waals surface area contributed by atoms with Gasteiger partial charge in [0.15, 0.2) is 0 Å². The van der Waals surface area contributed by atoms with Gasteiger partial charge in [0.05, 0.1) is 12.1 Å². The molecule has 2 aromatic carbocycles. The average molecular weight is 503 g/mol. The number of alkyl halides is 3. The largest absolute Gasteiger partial charge is 0.416 e. The van der Waals surface area contributed by atoms with Gasteiger partial charge >= 0.3 is 6.18 Å². The van der Waals surface area contributed by atoms with Gasteiger partial charge in [-0.25, -0.2) is 0 Å². The van der Waals surface area contributed by atoms with E-state index in [-0.39, 0.29) is 24.6 Å². The standard InChI is InChI=1S/C28H37F3N4O/c1-20(21-11-12-21)34-14-13-24-22(18-34)8-6-10-26(24)32-17-27(36)35(16-15-33(2)3)19-23-7-4-5-9-25(23)28(29,30)31/h4-10,20-21,32H,11-19H2,1-3H3. The summed E-state index contributed by atoms with van der Waals surface area (Å²) in [6.07, 6.45) is -0.885. The lowest BCUT2D eigenvalue weighted by atomic mass is 9.96. The number of fused-ring (bicyclic) bond motifs is 1. The zero-order chi connectivity index (χ0) is 25.9. The molecule has 0 bridgehead atoms. The minimum atomic E-state index is -4.46. The molecule has 0 saturated heterocycles. The lowest BCUT2D eigenvalue weighted by Crippen LogP contribution is -2.40. The van der Waals surface area contributed by atoms with Gasteiger partial charge in [0.25, 0.3) is 0 Å². The van der Waals surface area contributed by atoms with Gasteiger partial charge in [0, 0.05) is 44.5 Å². The van der Waals surface area contributed by atoms with Crippen molar-refractivity contribution in [2.75, 3.05) is 45.6 Å². The molecule has 0 aromatic heterocycles. The molecule has 1 unspecified atom stereocenters. The molecule has 0 radical (unpaired) electrons. The Morgan fingerprint density at radius 3 is 2.56 bits per heavy atom. The third-order valence-electron chi connectivity index (χ3n) is 7.46. The molecule has 1 atom stereocenters. The molecule has 36 heavy (non-hydrogen) atoms. The second-order valence-corrected chi connectivity index (χ2v) is 10.4. The molecular weight excluding hydrogens is 465 g/mol. The molecular formula is C28H37F3N4O. The number of rotatable bonds is 10. The number of nitrogens with one attached hydrogen (secondary N) is 1. The van der Waals surface area contributed by atoms with Crippen molar-refractivity contribution in [3.05, 3.63) is 64.7 Å². The van der Waals surface area contributed by atoms with Crippen LogP contribution in [0.2, 0.25) is 0 Å². The zero-order valence-corrected chi connectivity index (χ0v) is 21.4. The van der Waals surface area contributed by atoms with Crippen molar-refractivity contribution in [3.8, 4) is 0 Å². The molecule has 8 heteroatoms. The highest BCUT2D eigenvalue weighted by atomic mass is 19.4. The van der Waals surface area contributed by atoms with Crippen molar-refractivity contribution in [2.45, 2.75) is 51.5 Å². The van der Waals surface area contributed by atoms with Crippen molar-refractivity contribution in [3.63, 3.8) is 0 Å². The number of halogens is 3. The van der Waals surface area contributed by atoms with E-state index in [1.54, 1.807) is 6.07 Å². The highest BCUT2D eigenvalue weighted by Crippen LogP contribution is 2.37. The Balaban J connectivity index is 1.44. The first-order valence-electron chi connectivity index (χ1n) is 12.8. The SMILES string of the molecule is CC(C1CC1)N1CCc2c(cccc2NCC(=O)N(CCN(C)C)Cc2ccccc2C(F)(F)F)C1. The van der Waals surface area contributed by atoms with Crippen molar-refractivity contribution >= 4 is 11.6 Å². The number of carbonyl (C=O) groups is 1. The maximum absolute atomic E-state index is 13.5. The lowest BCUT2D eigenvalue weighted by Gasteiger charge is -2.35. The highest BCUT2D eigenvalue weighted by molar-refractivity contribution is 5.81. The number of amides is 1. The summed E-state index contributed by atoms with van der Waals surface area (Å²) in [6, 6.07) is 12.3. The minimum Gasteiger partial charge on any atom is -0.376 e. The molecule has 196 valence electrons. The fraction of sp³-hybridized carbons (Fsp3) is 0.536. The quantitative estimate of drug-likeness (QED) is 0.504. The van der Waals surface area contributed by atoms with E-state index in [0.29, 0.717) is 19.1 Å². The second-order valence-electron chi connectivity index (χ2n) is 10.4. The van der Waals surface area contributed by atoms with E-state index in [4.69, 9.17) is 0 Å². The van der Waals surface area contributed by atoms with Crippen LogP contribution in [0.25, 0.3) is 0 Å². The van der Waals surface area contributed by atoms with Gasteiger partial charge in [-0.2, -0.15) is 13.2 Å². The molecule has 1 saturated carbocycles. The average Bonchev–Trinajstić information content (AvgIpc) is 3.69. The maximum atomic E-state index is 13.5. The van der Waals surface area contributed by atoms with Crippen LogP contribution in [0.1, 0.15) is 42.0 Å². The van der Waals surface area contributed by atoms with Crippen molar-refractivity contribution in [2.24, 2.45) is 5.92 Å². The van der Waals surface area contributed by atoms with E-state index in [1.807, 2.05) is 31.1 Å². The fourth-order valence-electron chi connectivity index (χ4n) is 5.06. The van der Waals surface area contributed by atoms with Gasteiger partial charge in [-0.1, -0.05) is 30.3 Å². The molecule has 1 amide bonds. The van der Waals surface area contributed by atoms with Crippen molar-refractivity contribution in [1.29, 1.82) is 0 Å². The van der Waals surface area contributed by atoms with Crippen LogP contribution in [-0.4, -0.2) is 66.9 Å². The summed E-state index contributed by atoms with van der Waals surface area (Å²) < 4.78 is 40.6. The van der Waals surface area contributed by atoms with Crippen LogP contribution < -0.4 is 5.32 Å². The number of anilines is 1. The summed E-state index contributed by atoms with van der Waals surface area (Å²) in [5.74, 6) is 0.604. The van der Waals surface area contributed by atoms with Gasteiger partial charge in [-0.05, 0) is 75.0 Å². The number of likely N-dealkylation sites (N-methyl/N-ethyl adjacent to an activating group) is 1. The van der Waals surface area contributed by atoms with Crippen LogP contribution in [0.15, 0.2) is 42.5 Å². The number of carbonyl (C=O) groups excluding carboxylic acids is 1. The summed E-state index contributed by atoms with van der Waals surface area (Å²) >= 11 is 0. The minimum absolute atomic E-state index is 0.0419. The Bertz CT molecular complexity index is 1050. The molecule has 1 N–H and O–H groups in total. The molecule has 1 aliphatic heterocycles. The van der Waals surface area contributed by atoms with Crippen LogP contribution in [0, 0.1) is 5.92 Å². The van der Waals surface area contributed by atoms with Crippen molar-refractivity contribution in [1.82, 2.24) is 14.7 Å². The summed E-state index contributed by atoms with van der Waals surface area (Å²) in [5.41, 5.74) is 2.89. The van der Waals surface area contributed by atoms with E-state index in [2.05, 4.69) is 23.2 Å². The topological polar surface area (TPSA) is 38.8 Å². The van der Waals surface area contributed by atoms with E-state index in [1.165, 1.54) is 41.0 Å². The number of hydrogen-bond acceptors (Lipinski definition) is 4. The third kappa shape index (κ3) is 6.59. The predicted octanol–water partition coefficient (Wildman–Crippen LogP) is 4.86. The molecule has 5 nitrogen and oxygen atoms in total. The molecule has 1 fully saturated rings.